The largest absolute Gasteiger partial charge is 0.465 e. The average Bonchev–Trinajstić information content (AvgIpc) is 2.25. The predicted octanol–water partition coefficient (Wildman–Crippen LogP) is 2.52. The van der Waals surface area contributed by atoms with E-state index in [0.717, 1.165) is 0 Å². The van der Waals surface area contributed by atoms with Crippen LogP contribution in [0.1, 0.15) is 35.7 Å². The first-order chi connectivity index (χ1) is 7.77. The van der Waals surface area contributed by atoms with Crippen LogP contribution in [0, 0.1) is 0 Å². The Morgan fingerprint density at radius 1 is 1.35 bits per heavy atom. The summed E-state index contributed by atoms with van der Waals surface area (Å²) < 4.78 is 27.4. The lowest BCUT2D eigenvalue weighted by Gasteiger charge is -2.11. The van der Waals surface area contributed by atoms with Crippen molar-refractivity contribution in [2.75, 3.05) is 7.11 Å². The zero-order valence-electron chi connectivity index (χ0n) is 9.73. The molecule has 0 bridgehead atoms. The van der Waals surface area contributed by atoms with E-state index in [1.165, 1.54) is 19.2 Å². The minimum Gasteiger partial charge on any atom is -0.465 e. The first-order valence-electron chi connectivity index (χ1n) is 4.94. The molecule has 94 valence electrons. The van der Waals surface area contributed by atoms with E-state index >= 15 is 0 Å². The molecule has 0 fully saturated rings. The average molecular weight is 277 g/mol. The third-order valence-electron chi connectivity index (χ3n) is 2.32. The van der Waals surface area contributed by atoms with Crippen molar-refractivity contribution in [3.05, 3.63) is 29.3 Å². The van der Waals surface area contributed by atoms with Crippen LogP contribution in [0.3, 0.4) is 0 Å². The van der Waals surface area contributed by atoms with Crippen molar-refractivity contribution in [3.63, 3.8) is 0 Å². The molecule has 0 heterocycles. The molecule has 4 nitrogen and oxygen atoms in total. The van der Waals surface area contributed by atoms with Gasteiger partial charge in [-0.15, -0.1) is 0 Å². The van der Waals surface area contributed by atoms with Crippen LogP contribution >= 0.6 is 10.7 Å². The van der Waals surface area contributed by atoms with Gasteiger partial charge in [-0.25, -0.2) is 13.2 Å². The first kappa shape index (κ1) is 14.0. The molecule has 0 aliphatic rings. The molecule has 0 atom stereocenters. The molecule has 0 unspecified atom stereocenters. The van der Waals surface area contributed by atoms with Crippen molar-refractivity contribution in [2.45, 2.75) is 24.7 Å². The van der Waals surface area contributed by atoms with Gasteiger partial charge in [0.05, 0.1) is 17.6 Å². The highest BCUT2D eigenvalue weighted by Gasteiger charge is 2.20. The molecule has 0 N–H and O–H groups in total. The topological polar surface area (TPSA) is 60.4 Å². The molecular weight excluding hydrogens is 264 g/mol. The van der Waals surface area contributed by atoms with Crippen molar-refractivity contribution in [1.29, 1.82) is 0 Å². The number of halogens is 1. The summed E-state index contributed by atoms with van der Waals surface area (Å²) in [6.45, 7) is 3.69. The third-order valence-corrected chi connectivity index (χ3v) is 3.70. The summed E-state index contributed by atoms with van der Waals surface area (Å²) in [4.78, 5) is 11.3. The maximum absolute atomic E-state index is 11.4. The van der Waals surface area contributed by atoms with Crippen molar-refractivity contribution in [2.24, 2.45) is 0 Å². The summed E-state index contributed by atoms with van der Waals surface area (Å²) in [7, 11) is 2.70. The van der Waals surface area contributed by atoms with Crippen molar-refractivity contribution in [3.8, 4) is 0 Å². The van der Waals surface area contributed by atoms with E-state index in [4.69, 9.17) is 10.7 Å². The van der Waals surface area contributed by atoms with Crippen LogP contribution in [0.25, 0.3) is 0 Å². The second kappa shape index (κ2) is 5.06. The van der Waals surface area contributed by atoms with Gasteiger partial charge >= 0.3 is 5.97 Å². The van der Waals surface area contributed by atoms with Crippen molar-refractivity contribution in [1.82, 2.24) is 0 Å². The number of hydrogen-bond acceptors (Lipinski definition) is 4. The van der Waals surface area contributed by atoms with E-state index in [1.807, 2.05) is 13.8 Å². The second-order valence-corrected chi connectivity index (χ2v) is 6.37. The maximum Gasteiger partial charge on any atom is 0.337 e. The minimum absolute atomic E-state index is 0.00905. The van der Waals surface area contributed by atoms with Gasteiger partial charge in [0.25, 0.3) is 9.05 Å². The minimum atomic E-state index is -3.88. The quantitative estimate of drug-likeness (QED) is 0.629. The Hall–Kier alpha value is -1.07. The Bertz CT molecular complexity index is 534. The summed E-state index contributed by atoms with van der Waals surface area (Å²) in [6.07, 6.45) is 0. The van der Waals surface area contributed by atoms with Gasteiger partial charge in [-0.05, 0) is 23.6 Å². The number of hydrogen-bond donors (Lipinski definition) is 0. The summed E-state index contributed by atoms with van der Waals surface area (Å²) in [6, 6.07) is 4.34. The van der Waals surface area contributed by atoms with E-state index in [1.54, 1.807) is 6.07 Å². The van der Waals surface area contributed by atoms with Crippen LogP contribution in [-0.4, -0.2) is 21.5 Å². The highest BCUT2D eigenvalue weighted by atomic mass is 35.7. The van der Waals surface area contributed by atoms with Crippen LogP contribution in [0.5, 0.6) is 0 Å². The number of benzene rings is 1. The molecular formula is C11H13ClO4S. The van der Waals surface area contributed by atoms with E-state index in [-0.39, 0.29) is 16.4 Å². The molecule has 0 saturated carbocycles. The van der Waals surface area contributed by atoms with E-state index < -0.39 is 15.0 Å². The van der Waals surface area contributed by atoms with Crippen molar-refractivity contribution < 1.29 is 17.9 Å². The molecule has 0 radical (unpaired) electrons. The number of carbonyl (C=O) groups excluding carboxylic acids is 1. The number of carbonyl (C=O) groups is 1. The summed E-state index contributed by atoms with van der Waals surface area (Å²) in [5.41, 5.74) is 0.740. The van der Waals surface area contributed by atoms with E-state index in [0.29, 0.717) is 5.56 Å². The predicted molar refractivity (Wildman–Crippen MR) is 64.9 cm³/mol. The molecule has 0 aliphatic carbocycles. The fourth-order valence-electron chi connectivity index (χ4n) is 1.47. The standard InChI is InChI=1S/C11H13ClO4S/c1-7(2)9-5-4-8(11(13)16-3)6-10(9)17(12,14)15/h4-7H,1-3H3. The fourth-order valence-corrected chi connectivity index (χ4v) is 2.72. The van der Waals surface area contributed by atoms with Crippen molar-refractivity contribution >= 4 is 25.7 Å². The van der Waals surface area contributed by atoms with Crippen LogP contribution in [0.4, 0.5) is 0 Å². The number of methoxy groups -OCH3 is 1. The lowest BCUT2D eigenvalue weighted by molar-refractivity contribution is 0.0600. The molecule has 0 saturated heterocycles. The third kappa shape index (κ3) is 3.20. The molecule has 1 rings (SSSR count). The molecule has 6 heteroatoms. The summed E-state index contributed by atoms with van der Waals surface area (Å²) in [5, 5.41) is 0. The Labute approximate surface area is 105 Å². The van der Waals surface area contributed by atoms with Gasteiger partial charge in [0.2, 0.25) is 0 Å². The molecule has 0 aliphatic heterocycles. The van der Waals surface area contributed by atoms with E-state index in [2.05, 4.69) is 4.74 Å². The number of esters is 1. The summed E-state index contributed by atoms with van der Waals surface area (Å²) in [5.74, 6) is -0.605. The zero-order valence-corrected chi connectivity index (χ0v) is 11.3. The lowest BCUT2D eigenvalue weighted by Crippen LogP contribution is -2.06. The molecule has 0 aromatic heterocycles. The van der Waals surface area contributed by atoms with Gasteiger partial charge in [-0.2, -0.15) is 0 Å². The van der Waals surface area contributed by atoms with Gasteiger partial charge in [0.15, 0.2) is 0 Å². The zero-order chi connectivity index (χ0) is 13.2. The molecule has 17 heavy (non-hydrogen) atoms. The highest BCUT2D eigenvalue weighted by Crippen LogP contribution is 2.27. The summed E-state index contributed by atoms with van der Waals surface area (Å²) >= 11 is 0. The van der Waals surface area contributed by atoms with Crippen LogP contribution in [0.15, 0.2) is 23.1 Å². The monoisotopic (exact) mass is 276 g/mol. The van der Waals surface area contributed by atoms with Crippen LogP contribution in [0.2, 0.25) is 0 Å². The first-order valence-corrected chi connectivity index (χ1v) is 7.25. The molecule has 0 amide bonds. The van der Waals surface area contributed by atoms with Gasteiger partial charge in [0, 0.05) is 10.7 Å². The smallest absolute Gasteiger partial charge is 0.337 e. The Morgan fingerprint density at radius 2 is 1.94 bits per heavy atom. The van der Waals surface area contributed by atoms with E-state index in [9.17, 15) is 13.2 Å². The Kier molecular flexibility index (Phi) is 4.16. The molecule has 1 aromatic carbocycles. The van der Waals surface area contributed by atoms with Gasteiger partial charge in [0.1, 0.15) is 0 Å². The molecule has 0 spiro atoms. The van der Waals surface area contributed by atoms with Gasteiger partial charge in [-0.3, -0.25) is 0 Å². The second-order valence-electron chi connectivity index (χ2n) is 3.84. The Balaban J connectivity index is 3.45. The maximum atomic E-state index is 11.4. The van der Waals surface area contributed by atoms with Gasteiger partial charge < -0.3 is 4.74 Å². The lowest BCUT2D eigenvalue weighted by atomic mass is 10.0. The SMILES string of the molecule is COC(=O)c1ccc(C(C)C)c(S(=O)(=O)Cl)c1. The number of rotatable bonds is 3. The normalized spacial score (nSPS) is 11.6. The van der Waals surface area contributed by atoms with Crippen LogP contribution in [-0.2, 0) is 13.8 Å². The molecule has 1 aromatic rings. The highest BCUT2D eigenvalue weighted by molar-refractivity contribution is 8.13. The van der Waals surface area contributed by atoms with Gasteiger partial charge in [-0.1, -0.05) is 19.9 Å². The fraction of sp³-hybridized carbons (Fsp3) is 0.364. The van der Waals surface area contributed by atoms with Crippen LogP contribution < -0.4 is 0 Å². The Morgan fingerprint density at radius 3 is 2.35 bits per heavy atom. The number of ether oxygens (including phenoxy) is 1.